The molecule has 2 heteroatoms. The molecule has 0 amide bonds. The normalized spacial score (nSPS) is 11.6. The van der Waals surface area contributed by atoms with Crippen LogP contribution in [0.4, 0.5) is 0 Å². The Labute approximate surface area is 87.0 Å². The van der Waals surface area contributed by atoms with E-state index in [1.54, 1.807) is 6.08 Å². The summed E-state index contributed by atoms with van der Waals surface area (Å²) in [5, 5.41) is 8.82. The second kappa shape index (κ2) is 10.3. The van der Waals surface area contributed by atoms with E-state index in [9.17, 15) is 4.79 Å². The zero-order valence-electron chi connectivity index (χ0n) is 9.17. The molecule has 1 N–H and O–H groups in total. The molecule has 0 aliphatic carbocycles. The van der Waals surface area contributed by atoms with Gasteiger partial charge < -0.3 is 5.11 Å². The summed E-state index contributed by atoms with van der Waals surface area (Å²) in [6.07, 6.45) is 11.7. The van der Waals surface area contributed by atoms with Crippen LogP contribution in [0.25, 0.3) is 0 Å². The average molecular weight is 198 g/mol. The molecule has 0 aromatic rings. The predicted octanol–water partition coefficient (Wildman–Crippen LogP) is 3.77. The van der Waals surface area contributed by atoms with Crippen LogP contribution in [0.3, 0.4) is 0 Å². The topological polar surface area (TPSA) is 37.3 Å². The average Bonchev–Trinajstić information content (AvgIpc) is 2.21. The lowest BCUT2D eigenvalue weighted by Gasteiger charge is -1.98. The Morgan fingerprint density at radius 3 is 2.21 bits per heavy atom. The van der Waals surface area contributed by atoms with Gasteiger partial charge in [-0.15, -0.1) is 0 Å². The Balaban J connectivity index is 3.10. The van der Waals surface area contributed by atoms with E-state index in [4.69, 9.17) is 5.11 Å². The van der Waals surface area contributed by atoms with Crippen LogP contribution in [-0.2, 0) is 4.79 Å². The number of carbonyl (C=O) groups excluding carboxylic acids is 1. The van der Waals surface area contributed by atoms with Crippen LogP contribution in [0.2, 0.25) is 0 Å². The molecule has 14 heavy (non-hydrogen) atoms. The number of aldehydes is 1. The second-order valence-electron chi connectivity index (χ2n) is 3.66. The van der Waals surface area contributed by atoms with Crippen LogP contribution in [0, 0.1) is 0 Å². The minimum Gasteiger partial charge on any atom is -0.505 e. The molecule has 0 saturated carbocycles. The molecular weight excluding hydrogens is 176 g/mol. The fourth-order valence-corrected chi connectivity index (χ4v) is 1.40. The van der Waals surface area contributed by atoms with E-state index in [0.717, 1.165) is 12.8 Å². The van der Waals surface area contributed by atoms with Crippen molar-refractivity contribution in [1.29, 1.82) is 0 Å². The molecule has 0 heterocycles. The first kappa shape index (κ1) is 13.2. The van der Waals surface area contributed by atoms with E-state index in [-0.39, 0.29) is 5.76 Å². The van der Waals surface area contributed by atoms with Gasteiger partial charge in [-0.25, -0.2) is 0 Å². The molecule has 0 aromatic heterocycles. The molecule has 0 aliphatic heterocycles. The van der Waals surface area contributed by atoms with Gasteiger partial charge in [-0.3, -0.25) is 4.79 Å². The van der Waals surface area contributed by atoms with Crippen molar-refractivity contribution in [1.82, 2.24) is 0 Å². The third kappa shape index (κ3) is 9.30. The lowest BCUT2D eigenvalue weighted by Crippen LogP contribution is -1.82. The van der Waals surface area contributed by atoms with Crippen molar-refractivity contribution in [2.75, 3.05) is 0 Å². The highest BCUT2D eigenvalue weighted by molar-refractivity contribution is 5.69. The number of allylic oxidation sites excluding steroid dienone is 2. The highest BCUT2D eigenvalue weighted by Crippen LogP contribution is 2.08. The quantitative estimate of drug-likeness (QED) is 0.265. The Morgan fingerprint density at radius 1 is 1.07 bits per heavy atom. The number of rotatable bonds is 9. The van der Waals surface area contributed by atoms with Crippen LogP contribution >= 0.6 is 0 Å². The van der Waals surface area contributed by atoms with Gasteiger partial charge in [0.1, 0.15) is 0 Å². The zero-order chi connectivity index (χ0) is 10.6. The summed E-state index contributed by atoms with van der Waals surface area (Å²) in [7, 11) is 0. The minimum absolute atomic E-state index is 0.129. The molecule has 0 spiro atoms. The Bertz CT molecular complexity index is 162. The van der Waals surface area contributed by atoms with Crippen LogP contribution in [0.1, 0.15) is 58.3 Å². The highest BCUT2D eigenvalue weighted by atomic mass is 16.3. The molecule has 0 rings (SSSR count). The minimum atomic E-state index is -0.129. The maximum absolute atomic E-state index is 10.0. The number of hydrogen-bond donors (Lipinski definition) is 1. The Hall–Kier alpha value is -0.790. The number of aliphatic hydroxyl groups is 1. The SMILES string of the molecule is CCCCCCCCCC=C(O)C=O. The molecule has 82 valence electrons. The van der Waals surface area contributed by atoms with Crippen LogP contribution in [0.15, 0.2) is 11.8 Å². The number of hydrogen-bond acceptors (Lipinski definition) is 2. The summed E-state index contributed by atoms with van der Waals surface area (Å²) in [6.45, 7) is 2.22. The zero-order valence-corrected chi connectivity index (χ0v) is 9.17. The van der Waals surface area contributed by atoms with Crippen LogP contribution in [-0.4, -0.2) is 11.4 Å². The second-order valence-corrected chi connectivity index (χ2v) is 3.66. The molecule has 0 bridgehead atoms. The summed E-state index contributed by atoms with van der Waals surface area (Å²) < 4.78 is 0. The van der Waals surface area contributed by atoms with E-state index < -0.39 is 0 Å². The smallest absolute Gasteiger partial charge is 0.184 e. The molecule has 0 aromatic carbocycles. The third-order valence-corrected chi connectivity index (χ3v) is 2.28. The molecule has 0 fully saturated rings. The fourth-order valence-electron chi connectivity index (χ4n) is 1.40. The van der Waals surface area contributed by atoms with Crippen molar-refractivity contribution in [3.63, 3.8) is 0 Å². The molecule has 0 atom stereocenters. The molecule has 0 aliphatic rings. The Kier molecular flexibility index (Phi) is 9.71. The van der Waals surface area contributed by atoms with Crippen molar-refractivity contribution in [3.8, 4) is 0 Å². The molecule has 2 nitrogen and oxygen atoms in total. The van der Waals surface area contributed by atoms with Gasteiger partial charge in [-0.1, -0.05) is 45.4 Å². The lowest BCUT2D eigenvalue weighted by atomic mass is 10.1. The van der Waals surface area contributed by atoms with Gasteiger partial charge in [-0.2, -0.15) is 0 Å². The summed E-state index contributed by atoms with van der Waals surface area (Å²) in [5.41, 5.74) is 0. The first-order chi connectivity index (χ1) is 6.81. The van der Waals surface area contributed by atoms with E-state index >= 15 is 0 Å². The first-order valence-corrected chi connectivity index (χ1v) is 5.65. The van der Waals surface area contributed by atoms with Crippen molar-refractivity contribution < 1.29 is 9.90 Å². The lowest BCUT2D eigenvalue weighted by molar-refractivity contribution is -0.107. The third-order valence-electron chi connectivity index (χ3n) is 2.28. The standard InChI is InChI=1S/C12H22O2/c1-2-3-4-5-6-7-8-9-10-12(14)11-13/h10-11,14H,2-9H2,1H3. The highest BCUT2D eigenvalue weighted by Gasteiger charge is 1.91. The van der Waals surface area contributed by atoms with Crippen LogP contribution in [0.5, 0.6) is 0 Å². The van der Waals surface area contributed by atoms with Crippen LogP contribution < -0.4 is 0 Å². The van der Waals surface area contributed by atoms with Gasteiger partial charge in [-0.05, 0) is 18.9 Å². The van der Waals surface area contributed by atoms with Crippen molar-refractivity contribution in [3.05, 3.63) is 11.8 Å². The number of unbranched alkanes of at least 4 members (excludes halogenated alkanes) is 7. The maximum atomic E-state index is 10.0. The predicted molar refractivity (Wildman–Crippen MR) is 59.4 cm³/mol. The summed E-state index contributed by atoms with van der Waals surface area (Å²) in [6, 6.07) is 0. The first-order valence-electron chi connectivity index (χ1n) is 5.65. The number of aliphatic hydroxyl groups excluding tert-OH is 1. The van der Waals surface area contributed by atoms with Gasteiger partial charge in [0, 0.05) is 0 Å². The largest absolute Gasteiger partial charge is 0.505 e. The van der Waals surface area contributed by atoms with Crippen molar-refractivity contribution in [2.24, 2.45) is 0 Å². The molecular formula is C12H22O2. The van der Waals surface area contributed by atoms with E-state index in [2.05, 4.69) is 6.92 Å². The summed E-state index contributed by atoms with van der Waals surface area (Å²) in [5.74, 6) is -0.129. The summed E-state index contributed by atoms with van der Waals surface area (Å²) in [4.78, 5) is 10.0. The summed E-state index contributed by atoms with van der Waals surface area (Å²) >= 11 is 0. The van der Waals surface area contributed by atoms with E-state index in [1.165, 1.54) is 38.5 Å². The molecule has 0 saturated heterocycles. The van der Waals surface area contributed by atoms with Gasteiger partial charge in [0.25, 0.3) is 0 Å². The Morgan fingerprint density at radius 2 is 1.64 bits per heavy atom. The fraction of sp³-hybridized carbons (Fsp3) is 0.750. The monoisotopic (exact) mass is 198 g/mol. The van der Waals surface area contributed by atoms with E-state index in [0.29, 0.717) is 6.29 Å². The molecule has 0 unspecified atom stereocenters. The van der Waals surface area contributed by atoms with Gasteiger partial charge in [0.05, 0.1) is 0 Å². The van der Waals surface area contributed by atoms with Gasteiger partial charge in [0.2, 0.25) is 0 Å². The van der Waals surface area contributed by atoms with Gasteiger partial charge >= 0.3 is 0 Å². The maximum Gasteiger partial charge on any atom is 0.184 e. The molecule has 0 radical (unpaired) electrons. The van der Waals surface area contributed by atoms with Gasteiger partial charge in [0.15, 0.2) is 12.0 Å². The van der Waals surface area contributed by atoms with Crippen molar-refractivity contribution >= 4 is 6.29 Å². The number of carbonyl (C=O) groups is 1. The van der Waals surface area contributed by atoms with Crippen molar-refractivity contribution in [2.45, 2.75) is 58.3 Å². The van der Waals surface area contributed by atoms with E-state index in [1.807, 2.05) is 0 Å².